The average Bonchev–Trinajstić information content (AvgIpc) is 1.76. The fraction of sp³-hybridized carbons (Fsp3) is 0. The molecule has 0 fully saturated rings. The van der Waals surface area contributed by atoms with Crippen molar-refractivity contribution in [2.45, 2.75) is 0 Å². The first kappa shape index (κ1) is 49.9. The Morgan fingerprint density at radius 2 is 0.250 bits per heavy atom. The summed E-state index contributed by atoms with van der Waals surface area (Å²) in [5.74, 6) is 0. The predicted octanol–water partition coefficient (Wildman–Crippen LogP) is -15.8. The van der Waals surface area contributed by atoms with Crippen molar-refractivity contribution in [1.82, 2.24) is 0 Å². The summed E-state index contributed by atoms with van der Waals surface area (Å²) in [5.41, 5.74) is 0. The number of hydrogen-bond acceptors (Lipinski definition) is 12. The quantitative estimate of drug-likeness (QED) is 0.206. The summed E-state index contributed by atoms with van der Waals surface area (Å²) in [7, 11) is -11.7. The van der Waals surface area contributed by atoms with Crippen LogP contribution in [0.1, 0.15) is 0 Å². The third kappa shape index (κ3) is 430. The van der Waals surface area contributed by atoms with Crippen LogP contribution in [0.2, 0.25) is 0 Å². The molecule has 0 aliphatic rings. The van der Waals surface area contributed by atoms with E-state index in [0.29, 0.717) is 0 Å². The predicted molar refractivity (Wildman–Crippen MR) is 23.0 cm³/mol. The van der Waals surface area contributed by atoms with Gasteiger partial charge in [-0.25, -0.2) is 0 Å². The molecule has 20 heteroatoms. The van der Waals surface area contributed by atoms with Crippen LogP contribution in [-0.2, 0) is 0 Å². The summed E-state index contributed by atoms with van der Waals surface area (Å²) < 4.78 is 0. The molecule has 0 heterocycles. The molecule has 20 heavy (non-hydrogen) atoms. The van der Waals surface area contributed by atoms with Gasteiger partial charge in [-0.05, 0) is 0 Å². The largest absolute Gasteiger partial charge is 3.00 e. The standard InChI is InChI=1S/4BO3.4Pm/c4*2-1(3)4;;;;/q4*-3;4*+3. The van der Waals surface area contributed by atoms with Gasteiger partial charge in [0, 0.05) is 0 Å². The van der Waals surface area contributed by atoms with Gasteiger partial charge in [-0.1, -0.05) is 0 Å². The Labute approximate surface area is 245 Å². The molecule has 0 amide bonds. The van der Waals surface area contributed by atoms with Crippen molar-refractivity contribution in [3.63, 3.8) is 0 Å². The minimum Gasteiger partial charge on any atom is -0.907 e. The minimum atomic E-state index is -2.92. The monoisotopic (exact) mass is 816 g/mol. The molecule has 104 valence electrons. The van der Waals surface area contributed by atoms with Gasteiger partial charge in [0.2, 0.25) is 0 Å². The molecule has 0 N–H and O–H groups in total. The number of hydrogen-bond donors (Lipinski definition) is 0. The van der Waals surface area contributed by atoms with Gasteiger partial charge < -0.3 is 60.3 Å². The molecule has 0 aromatic rings. The molecule has 0 spiro atoms. The Balaban J connectivity index is -0.0000000150. The van der Waals surface area contributed by atoms with Crippen LogP contribution in [0.5, 0.6) is 0 Å². The molecule has 0 saturated carbocycles. The van der Waals surface area contributed by atoms with E-state index in [0.717, 1.165) is 0 Å². The summed E-state index contributed by atoms with van der Waals surface area (Å²) in [6, 6.07) is 0. The molecule has 0 rings (SSSR count). The maximum atomic E-state index is 8.42. The van der Waals surface area contributed by atoms with Gasteiger partial charge in [-0.3, -0.25) is 29.3 Å². The second-order valence-electron chi connectivity index (χ2n) is 1.15. The smallest absolute Gasteiger partial charge is 0.907 e. The summed E-state index contributed by atoms with van der Waals surface area (Å²) in [6.07, 6.45) is 0. The fourth-order valence-corrected chi connectivity index (χ4v) is 0. The second-order valence-corrected chi connectivity index (χ2v) is 1.15. The first-order chi connectivity index (χ1) is 6.93. The Bertz CT molecular complexity index is 70.4. The first-order valence-electron chi connectivity index (χ1n) is 2.83. The van der Waals surface area contributed by atoms with Gasteiger partial charge in [-0.2, -0.15) is 0 Å². The van der Waals surface area contributed by atoms with Crippen LogP contribution in [0.4, 0.5) is 0 Å². The second kappa shape index (κ2) is 44.0. The molecule has 0 aromatic heterocycles. The average molecular weight is 815 g/mol. The van der Waals surface area contributed by atoms with E-state index >= 15 is 0 Å². The summed E-state index contributed by atoms with van der Waals surface area (Å²) in [5, 5.41) is 101. The third-order valence-corrected chi connectivity index (χ3v) is 0. The maximum Gasteiger partial charge on any atom is 3.00 e. The van der Waals surface area contributed by atoms with E-state index < -0.39 is 29.3 Å². The molecule has 0 aliphatic heterocycles. The van der Waals surface area contributed by atoms with Gasteiger partial charge in [0.15, 0.2) is 0 Å². The molecule has 0 atom stereocenters. The van der Waals surface area contributed by atoms with E-state index in [2.05, 4.69) is 0 Å². The first-order valence-corrected chi connectivity index (χ1v) is 2.83. The summed E-state index contributed by atoms with van der Waals surface area (Å²) in [6.45, 7) is 0. The van der Waals surface area contributed by atoms with E-state index in [-0.39, 0.29) is 162 Å². The normalized spacial score (nSPS) is 5.40. The SMILES string of the molecule is [O-]B([O-])[O-].[O-]B([O-])[O-].[O-]B([O-])[O-].[O-]B([O-])[O-].[Pm+3].[Pm+3].[Pm+3].[Pm+3]. The van der Waals surface area contributed by atoms with E-state index in [1.165, 1.54) is 0 Å². The van der Waals surface area contributed by atoms with Crippen molar-refractivity contribution in [2.75, 3.05) is 0 Å². The van der Waals surface area contributed by atoms with Crippen molar-refractivity contribution in [1.29, 1.82) is 0 Å². The zero-order chi connectivity index (χ0) is 14.3. The van der Waals surface area contributed by atoms with Crippen LogP contribution >= 0.6 is 0 Å². The van der Waals surface area contributed by atoms with E-state index in [9.17, 15) is 0 Å². The molecule has 0 bridgehead atoms. The third-order valence-electron chi connectivity index (χ3n) is 0. The molecule has 12 nitrogen and oxygen atoms in total. The van der Waals surface area contributed by atoms with Crippen molar-refractivity contribution in [2.24, 2.45) is 0 Å². The van der Waals surface area contributed by atoms with Crippen molar-refractivity contribution in [3.05, 3.63) is 0 Å². The molecule has 0 saturated heterocycles. The van der Waals surface area contributed by atoms with Crippen LogP contribution < -0.4 is 60.3 Å². The molecule has 0 radical (unpaired) electrons. The Morgan fingerprint density at radius 3 is 0.250 bits per heavy atom. The van der Waals surface area contributed by atoms with Crippen molar-refractivity contribution >= 4 is 29.3 Å². The van der Waals surface area contributed by atoms with Gasteiger partial charge >= 0.3 is 162 Å². The van der Waals surface area contributed by atoms with Crippen LogP contribution in [0.15, 0.2) is 0 Å². The van der Waals surface area contributed by atoms with Gasteiger partial charge in [0.1, 0.15) is 0 Å². The van der Waals surface area contributed by atoms with Gasteiger partial charge in [-0.15, -0.1) is 0 Å². The molecule has 0 unspecified atom stereocenters. The van der Waals surface area contributed by atoms with Crippen molar-refractivity contribution in [3.8, 4) is 0 Å². The topological polar surface area (TPSA) is 277 Å². The number of rotatable bonds is 0. The zero-order valence-electron chi connectivity index (χ0n) is 9.00. The van der Waals surface area contributed by atoms with Crippen LogP contribution in [-0.4, -0.2) is 29.3 Å². The Hall–Kier alpha value is 5.13. The van der Waals surface area contributed by atoms with Crippen LogP contribution in [0.3, 0.4) is 0 Å². The Morgan fingerprint density at radius 1 is 0.250 bits per heavy atom. The maximum absolute atomic E-state index is 8.42. The molecular weight excluding hydrogens is 815 g/mol. The molecule has 0 aliphatic carbocycles. The van der Waals surface area contributed by atoms with Gasteiger partial charge in [0.25, 0.3) is 0 Å². The fourth-order valence-electron chi connectivity index (χ4n) is 0. The van der Waals surface area contributed by atoms with E-state index in [1.807, 2.05) is 0 Å². The van der Waals surface area contributed by atoms with Gasteiger partial charge in [0.05, 0.1) is 0 Å². The van der Waals surface area contributed by atoms with E-state index in [4.69, 9.17) is 60.3 Å². The summed E-state index contributed by atoms with van der Waals surface area (Å²) in [4.78, 5) is 0. The molecular formula is B4O12Pm4. The Kier molecular flexibility index (Phi) is 110. The van der Waals surface area contributed by atoms with Crippen LogP contribution in [0.25, 0.3) is 0 Å². The minimum absolute atomic E-state index is 0. The molecule has 0 aromatic carbocycles. The zero-order valence-corrected chi connectivity index (χ0v) is 20.5. The van der Waals surface area contributed by atoms with E-state index in [1.54, 1.807) is 0 Å². The van der Waals surface area contributed by atoms with Crippen LogP contribution in [0, 0.1) is 162 Å². The summed E-state index contributed by atoms with van der Waals surface area (Å²) >= 11 is 0. The van der Waals surface area contributed by atoms with Crippen molar-refractivity contribution < 1.29 is 222 Å².